The van der Waals surface area contributed by atoms with Gasteiger partial charge in [0.05, 0.1) is 22.9 Å². The molecule has 18 heavy (non-hydrogen) atoms. The van der Waals surface area contributed by atoms with E-state index in [2.05, 4.69) is 10.1 Å². The summed E-state index contributed by atoms with van der Waals surface area (Å²) in [6.07, 6.45) is 1.29. The van der Waals surface area contributed by atoms with E-state index in [1.165, 1.54) is 11.0 Å². The van der Waals surface area contributed by atoms with Gasteiger partial charge in [-0.05, 0) is 12.1 Å². The number of nitrogens with zero attached hydrogens (tertiary/aromatic N) is 4. The largest absolute Gasteiger partial charge is 0.274 e. The number of nitro benzene ring substituents is 1. The molecule has 94 valence electrons. The SMILES string of the molecule is O=[N+]([O-])c1ccc(F)cc1Cn1ncnc1CCl. The van der Waals surface area contributed by atoms with Crippen LogP contribution in [0.5, 0.6) is 0 Å². The second-order valence-corrected chi connectivity index (χ2v) is 3.76. The first-order chi connectivity index (χ1) is 8.61. The van der Waals surface area contributed by atoms with Gasteiger partial charge in [0.2, 0.25) is 0 Å². The van der Waals surface area contributed by atoms with E-state index in [0.29, 0.717) is 5.82 Å². The molecule has 0 bridgehead atoms. The lowest BCUT2D eigenvalue weighted by molar-refractivity contribution is -0.385. The molecule has 0 radical (unpaired) electrons. The molecule has 0 aliphatic carbocycles. The van der Waals surface area contributed by atoms with Crippen LogP contribution in [0.15, 0.2) is 24.5 Å². The van der Waals surface area contributed by atoms with E-state index >= 15 is 0 Å². The van der Waals surface area contributed by atoms with Gasteiger partial charge in [0.15, 0.2) is 0 Å². The van der Waals surface area contributed by atoms with E-state index in [0.717, 1.165) is 18.2 Å². The summed E-state index contributed by atoms with van der Waals surface area (Å²) < 4.78 is 14.5. The summed E-state index contributed by atoms with van der Waals surface area (Å²) in [7, 11) is 0. The van der Waals surface area contributed by atoms with Crippen molar-refractivity contribution in [1.82, 2.24) is 14.8 Å². The Labute approximate surface area is 106 Å². The average Bonchev–Trinajstić information content (AvgIpc) is 2.76. The molecule has 0 N–H and O–H groups in total. The molecular weight excluding hydrogens is 263 g/mol. The summed E-state index contributed by atoms with van der Waals surface area (Å²) in [6, 6.07) is 3.28. The van der Waals surface area contributed by atoms with Crippen molar-refractivity contribution in [2.45, 2.75) is 12.4 Å². The standard InChI is InChI=1S/C10H8ClFN4O2/c11-4-10-13-6-14-15(10)5-7-3-8(12)1-2-9(7)16(17)18/h1-3,6H,4-5H2. The first-order valence-corrected chi connectivity index (χ1v) is 5.50. The normalized spacial score (nSPS) is 10.6. The fraction of sp³-hybridized carbons (Fsp3) is 0.200. The van der Waals surface area contributed by atoms with Crippen LogP contribution in [-0.4, -0.2) is 19.7 Å². The smallest absolute Gasteiger partial charge is 0.258 e. The molecule has 0 saturated heterocycles. The Morgan fingerprint density at radius 3 is 2.94 bits per heavy atom. The van der Waals surface area contributed by atoms with E-state index < -0.39 is 10.7 Å². The molecule has 1 aromatic heterocycles. The summed E-state index contributed by atoms with van der Waals surface area (Å²) in [5.41, 5.74) is 0.0595. The van der Waals surface area contributed by atoms with Crippen LogP contribution >= 0.6 is 11.6 Å². The molecule has 1 heterocycles. The highest BCUT2D eigenvalue weighted by molar-refractivity contribution is 6.16. The van der Waals surface area contributed by atoms with Crippen molar-refractivity contribution >= 4 is 17.3 Å². The van der Waals surface area contributed by atoms with Crippen LogP contribution in [0.25, 0.3) is 0 Å². The van der Waals surface area contributed by atoms with E-state index in [9.17, 15) is 14.5 Å². The van der Waals surface area contributed by atoms with Gasteiger partial charge in [-0.1, -0.05) is 0 Å². The Hall–Kier alpha value is -2.02. The molecule has 0 saturated carbocycles. The highest BCUT2D eigenvalue weighted by atomic mass is 35.5. The first kappa shape index (κ1) is 12.4. The maximum Gasteiger partial charge on any atom is 0.274 e. The quantitative estimate of drug-likeness (QED) is 0.484. The first-order valence-electron chi connectivity index (χ1n) is 4.97. The molecule has 1 aromatic carbocycles. The van der Waals surface area contributed by atoms with Gasteiger partial charge < -0.3 is 0 Å². The third-order valence-corrected chi connectivity index (χ3v) is 2.61. The second-order valence-electron chi connectivity index (χ2n) is 3.50. The molecular formula is C10H8ClFN4O2. The van der Waals surface area contributed by atoms with Gasteiger partial charge in [0.25, 0.3) is 5.69 Å². The highest BCUT2D eigenvalue weighted by Crippen LogP contribution is 2.20. The van der Waals surface area contributed by atoms with Gasteiger partial charge in [-0.25, -0.2) is 14.1 Å². The summed E-state index contributed by atoms with van der Waals surface area (Å²) >= 11 is 5.64. The molecule has 2 rings (SSSR count). The Balaban J connectivity index is 2.39. The fourth-order valence-corrected chi connectivity index (χ4v) is 1.75. The van der Waals surface area contributed by atoms with Crippen LogP contribution in [0.2, 0.25) is 0 Å². The minimum atomic E-state index is -0.563. The molecule has 8 heteroatoms. The van der Waals surface area contributed by atoms with Gasteiger partial charge >= 0.3 is 0 Å². The van der Waals surface area contributed by atoms with Gasteiger partial charge in [0, 0.05) is 6.07 Å². The molecule has 0 aliphatic rings. The summed E-state index contributed by atoms with van der Waals surface area (Å²) in [5, 5.41) is 14.7. The van der Waals surface area contributed by atoms with E-state index in [-0.39, 0.29) is 23.7 Å². The zero-order valence-electron chi connectivity index (χ0n) is 9.08. The minimum absolute atomic E-state index is 0.0517. The van der Waals surface area contributed by atoms with E-state index in [1.54, 1.807) is 0 Å². The van der Waals surface area contributed by atoms with Gasteiger partial charge in [-0.3, -0.25) is 10.1 Å². The zero-order valence-corrected chi connectivity index (χ0v) is 9.84. The van der Waals surface area contributed by atoms with Crippen molar-refractivity contribution < 1.29 is 9.31 Å². The lowest BCUT2D eigenvalue weighted by atomic mass is 10.2. The van der Waals surface area contributed by atoms with E-state index in [1.807, 2.05) is 0 Å². The zero-order chi connectivity index (χ0) is 13.1. The number of halogens is 2. The molecule has 0 spiro atoms. The Morgan fingerprint density at radius 1 is 1.50 bits per heavy atom. The lowest BCUT2D eigenvalue weighted by Crippen LogP contribution is -2.08. The molecule has 2 aromatic rings. The maximum absolute atomic E-state index is 13.1. The van der Waals surface area contributed by atoms with Crippen LogP contribution < -0.4 is 0 Å². The second kappa shape index (κ2) is 5.09. The van der Waals surface area contributed by atoms with Crippen LogP contribution in [0.1, 0.15) is 11.4 Å². The highest BCUT2D eigenvalue weighted by Gasteiger charge is 2.16. The number of aromatic nitrogens is 3. The number of alkyl halides is 1. The van der Waals surface area contributed by atoms with Crippen LogP contribution in [-0.2, 0) is 12.4 Å². The maximum atomic E-state index is 13.1. The molecule has 0 atom stereocenters. The molecule has 0 fully saturated rings. The van der Waals surface area contributed by atoms with Gasteiger partial charge in [-0.2, -0.15) is 5.10 Å². The predicted octanol–water partition coefficient (Wildman–Crippen LogP) is 2.11. The van der Waals surface area contributed by atoms with Gasteiger partial charge in [-0.15, -0.1) is 11.6 Å². The minimum Gasteiger partial charge on any atom is -0.258 e. The van der Waals surface area contributed by atoms with Crippen LogP contribution in [0.4, 0.5) is 10.1 Å². The molecule has 0 unspecified atom stereocenters. The topological polar surface area (TPSA) is 73.8 Å². The Bertz CT molecular complexity index is 587. The van der Waals surface area contributed by atoms with Crippen molar-refractivity contribution in [2.75, 3.05) is 0 Å². The monoisotopic (exact) mass is 270 g/mol. The summed E-state index contributed by atoms with van der Waals surface area (Å²) in [6.45, 7) is 0.0517. The molecule has 0 aliphatic heterocycles. The Morgan fingerprint density at radius 2 is 2.28 bits per heavy atom. The van der Waals surface area contributed by atoms with Crippen molar-refractivity contribution in [2.24, 2.45) is 0 Å². The number of nitro groups is 1. The average molecular weight is 271 g/mol. The summed E-state index contributed by atoms with van der Waals surface area (Å²) in [4.78, 5) is 14.1. The number of hydrogen-bond acceptors (Lipinski definition) is 4. The third-order valence-electron chi connectivity index (χ3n) is 2.37. The fourth-order valence-electron chi connectivity index (χ4n) is 1.54. The van der Waals surface area contributed by atoms with Crippen LogP contribution in [0.3, 0.4) is 0 Å². The van der Waals surface area contributed by atoms with Crippen molar-refractivity contribution in [3.63, 3.8) is 0 Å². The van der Waals surface area contributed by atoms with Crippen molar-refractivity contribution in [1.29, 1.82) is 0 Å². The Kier molecular flexibility index (Phi) is 3.52. The number of benzene rings is 1. The number of hydrogen-bond donors (Lipinski definition) is 0. The van der Waals surface area contributed by atoms with Crippen molar-refractivity contribution in [3.8, 4) is 0 Å². The van der Waals surface area contributed by atoms with Crippen LogP contribution in [0, 0.1) is 15.9 Å². The predicted molar refractivity (Wildman–Crippen MR) is 61.7 cm³/mol. The van der Waals surface area contributed by atoms with Crippen molar-refractivity contribution in [3.05, 3.63) is 51.8 Å². The van der Waals surface area contributed by atoms with Gasteiger partial charge in [0.1, 0.15) is 18.0 Å². The number of rotatable bonds is 4. The molecule has 6 nitrogen and oxygen atoms in total. The van der Waals surface area contributed by atoms with E-state index in [4.69, 9.17) is 11.6 Å². The third kappa shape index (κ3) is 2.45. The lowest BCUT2D eigenvalue weighted by Gasteiger charge is -2.05. The molecule has 0 amide bonds. The summed E-state index contributed by atoms with van der Waals surface area (Å²) in [5.74, 6) is 0.0571.